The molecule has 0 aliphatic carbocycles. The van der Waals surface area contributed by atoms with Crippen molar-refractivity contribution in [2.75, 3.05) is 0 Å². The first-order chi connectivity index (χ1) is 8.51. The van der Waals surface area contributed by atoms with Crippen LogP contribution in [0.3, 0.4) is 0 Å². The van der Waals surface area contributed by atoms with Gasteiger partial charge in [0.1, 0.15) is 0 Å². The summed E-state index contributed by atoms with van der Waals surface area (Å²) in [6.45, 7) is 17.1. The first-order valence-electron chi connectivity index (χ1n) is 7.74. The quantitative estimate of drug-likeness (QED) is 0.380. The number of hydrogen-bond acceptors (Lipinski definition) is 0. The molecule has 0 fully saturated rings. The molecule has 0 heterocycles. The molecule has 4 atom stereocenters. The smallest absolute Gasteiger partial charge is 0.0265 e. The van der Waals surface area contributed by atoms with Gasteiger partial charge in [0.15, 0.2) is 0 Å². The van der Waals surface area contributed by atoms with Gasteiger partial charge in [0.2, 0.25) is 0 Å². The van der Waals surface area contributed by atoms with Crippen LogP contribution in [-0.2, 0) is 0 Å². The minimum Gasteiger partial charge on any atom is -0.103 e. The third kappa shape index (κ3) is 8.55. The standard InChI is InChI=1S/C18H34/c1-7-9-10-16(4)12-14-18(6)17(5)13-11-15(3)8-2/h7-8,15-18H,1-2,9-14H2,3-6H3. The van der Waals surface area contributed by atoms with Crippen molar-refractivity contribution in [3.63, 3.8) is 0 Å². The second-order valence-electron chi connectivity index (χ2n) is 6.29. The van der Waals surface area contributed by atoms with Crippen LogP contribution in [0.2, 0.25) is 0 Å². The molecule has 0 aliphatic heterocycles. The number of rotatable bonds is 11. The molecule has 0 radical (unpaired) electrons. The molecular formula is C18H34. The molecule has 0 N–H and O–H groups in total. The molecule has 0 aromatic carbocycles. The maximum atomic E-state index is 3.86. The Morgan fingerprint density at radius 2 is 1.33 bits per heavy atom. The highest BCUT2D eigenvalue weighted by molar-refractivity contribution is 4.76. The van der Waals surface area contributed by atoms with Gasteiger partial charge in [-0.25, -0.2) is 0 Å². The largest absolute Gasteiger partial charge is 0.103 e. The Bertz CT molecular complexity index is 216. The zero-order valence-corrected chi connectivity index (χ0v) is 13.1. The predicted octanol–water partition coefficient (Wildman–Crippen LogP) is 6.24. The van der Waals surface area contributed by atoms with Gasteiger partial charge in [0.05, 0.1) is 0 Å². The molecule has 0 aromatic heterocycles. The van der Waals surface area contributed by atoms with Crippen molar-refractivity contribution in [2.24, 2.45) is 23.7 Å². The van der Waals surface area contributed by atoms with Crippen molar-refractivity contribution in [3.05, 3.63) is 25.3 Å². The van der Waals surface area contributed by atoms with Crippen LogP contribution in [0.5, 0.6) is 0 Å². The molecule has 0 aliphatic rings. The van der Waals surface area contributed by atoms with E-state index in [-0.39, 0.29) is 0 Å². The summed E-state index contributed by atoms with van der Waals surface area (Å²) < 4.78 is 0. The van der Waals surface area contributed by atoms with E-state index >= 15 is 0 Å². The number of allylic oxidation sites excluding steroid dienone is 2. The summed E-state index contributed by atoms with van der Waals surface area (Å²) in [6, 6.07) is 0. The van der Waals surface area contributed by atoms with Crippen molar-refractivity contribution in [2.45, 2.75) is 66.2 Å². The Morgan fingerprint density at radius 3 is 1.83 bits per heavy atom. The monoisotopic (exact) mass is 250 g/mol. The molecule has 106 valence electrons. The summed E-state index contributed by atoms with van der Waals surface area (Å²) in [5.41, 5.74) is 0. The second-order valence-corrected chi connectivity index (χ2v) is 6.29. The zero-order valence-electron chi connectivity index (χ0n) is 13.1. The Morgan fingerprint density at radius 1 is 0.778 bits per heavy atom. The van der Waals surface area contributed by atoms with Crippen molar-refractivity contribution in [1.29, 1.82) is 0 Å². The molecule has 0 bridgehead atoms. The highest BCUT2D eigenvalue weighted by atomic mass is 14.2. The minimum atomic E-state index is 0.672. The van der Waals surface area contributed by atoms with Gasteiger partial charge in [-0.2, -0.15) is 0 Å². The van der Waals surface area contributed by atoms with E-state index in [1.807, 2.05) is 6.08 Å². The fourth-order valence-electron chi connectivity index (χ4n) is 2.31. The number of hydrogen-bond donors (Lipinski definition) is 0. The minimum absolute atomic E-state index is 0.672. The van der Waals surface area contributed by atoms with E-state index in [9.17, 15) is 0 Å². The van der Waals surface area contributed by atoms with Crippen LogP contribution in [0.4, 0.5) is 0 Å². The van der Waals surface area contributed by atoms with Crippen molar-refractivity contribution < 1.29 is 0 Å². The molecule has 0 aromatic rings. The van der Waals surface area contributed by atoms with Crippen LogP contribution < -0.4 is 0 Å². The summed E-state index contributed by atoms with van der Waals surface area (Å²) in [5, 5.41) is 0. The predicted molar refractivity (Wildman–Crippen MR) is 84.8 cm³/mol. The van der Waals surface area contributed by atoms with Crippen molar-refractivity contribution >= 4 is 0 Å². The first-order valence-corrected chi connectivity index (χ1v) is 7.74. The van der Waals surface area contributed by atoms with Gasteiger partial charge < -0.3 is 0 Å². The fourth-order valence-corrected chi connectivity index (χ4v) is 2.31. The normalized spacial score (nSPS) is 17.8. The van der Waals surface area contributed by atoms with Crippen LogP contribution >= 0.6 is 0 Å². The lowest BCUT2D eigenvalue weighted by Crippen LogP contribution is -2.10. The van der Waals surface area contributed by atoms with E-state index in [1.165, 1.54) is 38.5 Å². The molecule has 4 unspecified atom stereocenters. The summed E-state index contributed by atoms with van der Waals surface area (Å²) in [4.78, 5) is 0. The van der Waals surface area contributed by atoms with Gasteiger partial charge in [0.25, 0.3) is 0 Å². The average molecular weight is 250 g/mol. The van der Waals surface area contributed by atoms with E-state index < -0.39 is 0 Å². The van der Waals surface area contributed by atoms with E-state index in [0.717, 1.165) is 17.8 Å². The Labute approximate surface area is 116 Å². The molecule has 0 heteroatoms. The third-order valence-corrected chi connectivity index (χ3v) is 4.43. The van der Waals surface area contributed by atoms with Crippen LogP contribution in [0.25, 0.3) is 0 Å². The zero-order chi connectivity index (χ0) is 14.0. The maximum absolute atomic E-state index is 3.86. The first kappa shape index (κ1) is 17.5. The fraction of sp³-hybridized carbons (Fsp3) is 0.778. The second kappa shape index (κ2) is 10.4. The van der Waals surface area contributed by atoms with Crippen molar-refractivity contribution in [1.82, 2.24) is 0 Å². The lowest BCUT2D eigenvalue weighted by molar-refractivity contribution is 0.300. The Kier molecular flexibility index (Phi) is 10.1. The Hall–Kier alpha value is -0.520. The van der Waals surface area contributed by atoms with Gasteiger partial charge in [-0.05, 0) is 49.4 Å². The Balaban J connectivity index is 3.75. The van der Waals surface area contributed by atoms with Gasteiger partial charge in [-0.3, -0.25) is 0 Å². The van der Waals surface area contributed by atoms with E-state index in [1.54, 1.807) is 0 Å². The summed E-state index contributed by atoms with van der Waals surface area (Å²) in [6.07, 6.45) is 12.0. The van der Waals surface area contributed by atoms with Crippen LogP contribution in [0, 0.1) is 23.7 Å². The van der Waals surface area contributed by atoms with E-state index in [4.69, 9.17) is 0 Å². The van der Waals surface area contributed by atoms with Gasteiger partial charge in [-0.1, -0.05) is 52.7 Å². The third-order valence-electron chi connectivity index (χ3n) is 4.43. The molecule has 0 saturated carbocycles. The molecule has 18 heavy (non-hydrogen) atoms. The molecule has 0 spiro atoms. The van der Waals surface area contributed by atoms with Crippen molar-refractivity contribution in [3.8, 4) is 0 Å². The SMILES string of the molecule is C=CCCC(C)CCC(C)C(C)CCC(C)C=C. The van der Waals surface area contributed by atoms with Crippen LogP contribution in [0.1, 0.15) is 66.2 Å². The maximum Gasteiger partial charge on any atom is -0.0265 e. The lowest BCUT2D eigenvalue weighted by Gasteiger charge is -2.22. The highest BCUT2D eigenvalue weighted by Gasteiger charge is 2.14. The van der Waals surface area contributed by atoms with E-state index in [2.05, 4.69) is 46.9 Å². The molecule has 0 nitrogen and oxygen atoms in total. The summed E-state index contributed by atoms with van der Waals surface area (Å²) >= 11 is 0. The van der Waals surface area contributed by atoms with E-state index in [0.29, 0.717) is 5.92 Å². The van der Waals surface area contributed by atoms with Crippen LogP contribution in [0.15, 0.2) is 25.3 Å². The molecule has 0 rings (SSSR count). The highest BCUT2D eigenvalue weighted by Crippen LogP contribution is 2.26. The summed E-state index contributed by atoms with van der Waals surface area (Å²) in [5.74, 6) is 3.23. The topological polar surface area (TPSA) is 0 Å². The van der Waals surface area contributed by atoms with Gasteiger partial charge in [-0.15, -0.1) is 13.2 Å². The molecule has 0 amide bonds. The average Bonchev–Trinajstić information content (AvgIpc) is 2.38. The van der Waals surface area contributed by atoms with Gasteiger partial charge in [0, 0.05) is 0 Å². The van der Waals surface area contributed by atoms with Gasteiger partial charge >= 0.3 is 0 Å². The molecule has 0 saturated heterocycles. The molecular weight excluding hydrogens is 216 g/mol. The lowest BCUT2D eigenvalue weighted by atomic mass is 9.84. The summed E-state index contributed by atoms with van der Waals surface area (Å²) in [7, 11) is 0. The van der Waals surface area contributed by atoms with Crippen LogP contribution in [-0.4, -0.2) is 0 Å².